The highest BCUT2D eigenvalue weighted by atomic mass is 31.2. The van der Waals surface area contributed by atoms with Gasteiger partial charge in [-0.2, -0.15) is 0 Å². The average molecular weight is 624 g/mol. The van der Waals surface area contributed by atoms with Gasteiger partial charge in [0.15, 0.2) is 0 Å². The minimum absolute atomic E-state index is 0.751. The third kappa shape index (κ3) is 32.2. The van der Waals surface area contributed by atoms with E-state index >= 15 is 0 Å². The van der Waals surface area contributed by atoms with Crippen molar-refractivity contribution in [1.29, 1.82) is 0 Å². The molecular weight excluding hydrogens is 535 g/mol. The van der Waals surface area contributed by atoms with E-state index in [0.29, 0.717) is 0 Å². The number of hydrogen-bond acceptors (Lipinski definition) is 0. The molecular formula is C42H88P+. The average Bonchev–Trinajstić information content (AvgIpc) is 3.02. The molecule has 0 heterocycles. The maximum Gasteiger partial charge on any atom is 0.0594 e. The molecule has 0 saturated carbocycles. The molecule has 0 nitrogen and oxygen atoms in total. The largest absolute Gasteiger partial charge is 0.0654 e. The van der Waals surface area contributed by atoms with E-state index < -0.39 is 7.26 Å². The van der Waals surface area contributed by atoms with Crippen LogP contribution in [0.15, 0.2) is 0 Å². The predicted molar refractivity (Wildman–Crippen MR) is 206 cm³/mol. The first-order valence-electron chi connectivity index (χ1n) is 21.1. The zero-order chi connectivity index (χ0) is 31.4. The van der Waals surface area contributed by atoms with E-state index in [9.17, 15) is 0 Å². The van der Waals surface area contributed by atoms with Crippen molar-refractivity contribution in [3.05, 3.63) is 0 Å². The lowest BCUT2D eigenvalue weighted by Crippen LogP contribution is -2.13. The highest BCUT2D eigenvalue weighted by Gasteiger charge is 2.35. The first kappa shape index (κ1) is 43.4. The lowest BCUT2D eigenvalue weighted by molar-refractivity contribution is 0.531. The Morgan fingerprint density at radius 3 is 0.488 bits per heavy atom. The molecule has 0 fully saturated rings. The molecule has 260 valence electrons. The molecule has 0 radical (unpaired) electrons. The van der Waals surface area contributed by atoms with Crippen LogP contribution in [0, 0.1) is 0 Å². The summed E-state index contributed by atoms with van der Waals surface area (Å²) in [5.41, 5.74) is 0. The van der Waals surface area contributed by atoms with Crippen molar-refractivity contribution in [2.75, 3.05) is 24.6 Å². The van der Waals surface area contributed by atoms with Gasteiger partial charge in [0.2, 0.25) is 0 Å². The van der Waals surface area contributed by atoms with Gasteiger partial charge in [0, 0.05) is 7.26 Å². The minimum Gasteiger partial charge on any atom is -0.0654 e. The lowest BCUT2D eigenvalue weighted by Gasteiger charge is -2.28. The second-order valence-corrected chi connectivity index (χ2v) is 19.3. The van der Waals surface area contributed by atoms with E-state index in [1.165, 1.54) is 193 Å². The van der Waals surface area contributed by atoms with Crippen LogP contribution in [0.5, 0.6) is 0 Å². The topological polar surface area (TPSA) is 0 Å². The summed E-state index contributed by atoms with van der Waals surface area (Å²) in [7, 11) is -0.751. The summed E-state index contributed by atoms with van der Waals surface area (Å²) in [6.45, 7) is 9.39. The molecule has 0 N–H and O–H groups in total. The predicted octanol–water partition coefficient (Wildman–Crippen LogP) is 16.3. The molecule has 0 aliphatic carbocycles. The van der Waals surface area contributed by atoms with Gasteiger partial charge in [-0.05, 0) is 51.4 Å². The van der Waals surface area contributed by atoms with Gasteiger partial charge in [0.25, 0.3) is 0 Å². The van der Waals surface area contributed by atoms with Gasteiger partial charge < -0.3 is 0 Å². The molecule has 0 aliphatic rings. The van der Waals surface area contributed by atoms with Gasteiger partial charge in [-0.1, -0.05) is 195 Å². The molecule has 1 heteroatoms. The van der Waals surface area contributed by atoms with E-state index in [-0.39, 0.29) is 0 Å². The van der Waals surface area contributed by atoms with Crippen LogP contribution >= 0.6 is 7.26 Å². The Kier molecular flexibility index (Phi) is 37.3. The molecule has 0 aromatic carbocycles. The number of rotatable bonds is 38. The standard InChI is InChI=1S/C42H88P/c1-5-9-13-17-21-22-23-24-25-26-27-28-29-30-34-38-42-43(39-35-31-18-14-10-6-2,40-36-32-19-15-11-7-3)41-37-33-20-16-12-8-4/h5-42H2,1-4H3/q+1. The molecule has 0 saturated heterocycles. The Balaban J connectivity index is 4.45. The molecule has 0 amide bonds. The van der Waals surface area contributed by atoms with Crippen molar-refractivity contribution in [3.63, 3.8) is 0 Å². The van der Waals surface area contributed by atoms with Crippen LogP contribution in [0.4, 0.5) is 0 Å². The molecule has 0 atom stereocenters. The highest BCUT2D eigenvalue weighted by Crippen LogP contribution is 2.61. The maximum absolute atomic E-state index is 2.36. The molecule has 0 aromatic heterocycles. The van der Waals surface area contributed by atoms with E-state index in [1.54, 1.807) is 50.3 Å². The summed E-state index contributed by atoms with van der Waals surface area (Å²) in [4.78, 5) is 0. The Hall–Kier alpha value is 0.430. The van der Waals surface area contributed by atoms with Gasteiger partial charge >= 0.3 is 0 Å². The van der Waals surface area contributed by atoms with Gasteiger partial charge in [-0.25, -0.2) is 0 Å². The smallest absolute Gasteiger partial charge is 0.0594 e. The normalized spacial score (nSPS) is 12.0. The van der Waals surface area contributed by atoms with Crippen LogP contribution in [0.2, 0.25) is 0 Å². The van der Waals surface area contributed by atoms with Crippen LogP contribution in [0.25, 0.3) is 0 Å². The molecule has 0 rings (SSSR count). The second kappa shape index (κ2) is 36.9. The zero-order valence-electron chi connectivity index (χ0n) is 31.3. The molecule has 0 spiro atoms. The molecule has 0 bridgehead atoms. The van der Waals surface area contributed by atoms with E-state index in [0.717, 1.165) is 0 Å². The fraction of sp³-hybridized carbons (Fsp3) is 1.00. The Morgan fingerprint density at radius 1 is 0.186 bits per heavy atom. The van der Waals surface area contributed by atoms with E-state index in [4.69, 9.17) is 0 Å². The first-order valence-corrected chi connectivity index (χ1v) is 23.6. The Bertz CT molecular complexity index is 444. The Labute approximate surface area is 277 Å². The zero-order valence-corrected chi connectivity index (χ0v) is 32.2. The Morgan fingerprint density at radius 2 is 0.326 bits per heavy atom. The fourth-order valence-electron chi connectivity index (χ4n) is 7.35. The van der Waals surface area contributed by atoms with Crippen LogP contribution < -0.4 is 0 Å². The summed E-state index contributed by atoms with van der Waals surface area (Å²) < 4.78 is 0. The number of unbranched alkanes of at least 4 members (excludes halogenated alkanes) is 30. The summed E-state index contributed by atoms with van der Waals surface area (Å²) >= 11 is 0. The maximum atomic E-state index is 2.36. The second-order valence-electron chi connectivity index (χ2n) is 14.8. The molecule has 0 unspecified atom stereocenters. The summed E-state index contributed by atoms with van der Waals surface area (Å²) in [5, 5.41) is 0. The summed E-state index contributed by atoms with van der Waals surface area (Å²) in [5.74, 6) is 0. The van der Waals surface area contributed by atoms with Crippen LogP contribution in [-0.4, -0.2) is 24.6 Å². The first-order chi connectivity index (χ1) is 21.2. The molecule has 0 aromatic rings. The van der Waals surface area contributed by atoms with Crippen molar-refractivity contribution in [3.8, 4) is 0 Å². The van der Waals surface area contributed by atoms with Gasteiger partial charge in [0.05, 0.1) is 24.6 Å². The van der Waals surface area contributed by atoms with Gasteiger partial charge in [0.1, 0.15) is 0 Å². The third-order valence-electron chi connectivity index (χ3n) is 10.4. The summed E-state index contributed by atoms with van der Waals surface area (Å²) in [6, 6.07) is 0. The van der Waals surface area contributed by atoms with Crippen LogP contribution in [-0.2, 0) is 0 Å². The van der Waals surface area contributed by atoms with E-state index in [1.807, 2.05) is 0 Å². The van der Waals surface area contributed by atoms with Crippen LogP contribution in [0.1, 0.15) is 246 Å². The fourth-order valence-corrected chi connectivity index (χ4v) is 12.3. The highest BCUT2D eigenvalue weighted by molar-refractivity contribution is 7.75. The van der Waals surface area contributed by atoms with Crippen molar-refractivity contribution < 1.29 is 0 Å². The number of hydrogen-bond donors (Lipinski definition) is 0. The van der Waals surface area contributed by atoms with Crippen molar-refractivity contribution in [1.82, 2.24) is 0 Å². The SMILES string of the molecule is CCCCCCCCCCCCCCCCCC[P+](CCCCCCCC)(CCCCCCCC)CCCCCCCC. The summed E-state index contributed by atoms with van der Waals surface area (Å²) in [6.07, 6.45) is 57.2. The van der Waals surface area contributed by atoms with Crippen molar-refractivity contribution in [2.24, 2.45) is 0 Å². The minimum atomic E-state index is -0.751. The van der Waals surface area contributed by atoms with Crippen molar-refractivity contribution >= 4 is 7.26 Å². The van der Waals surface area contributed by atoms with Crippen molar-refractivity contribution in [2.45, 2.75) is 246 Å². The third-order valence-corrected chi connectivity index (χ3v) is 15.5. The van der Waals surface area contributed by atoms with Gasteiger partial charge in [-0.3, -0.25) is 0 Å². The molecule has 0 aliphatic heterocycles. The monoisotopic (exact) mass is 624 g/mol. The molecule has 43 heavy (non-hydrogen) atoms. The van der Waals surface area contributed by atoms with Crippen LogP contribution in [0.3, 0.4) is 0 Å². The lowest BCUT2D eigenvalue weighted by atomic mass is 10.0. The van der Waals surface area contributed by atoms with E-state index in [2.05, 4.69) is 27.7 Å². The van der Waals surface area contributed by atoms with Gasteiger partial charge in [-0.15, -0.1) is 0 Å². The quantitative estimate of drug-likeness (QED) is 0.0474.